The largest absolute Gasteiger partial charge is 0.143 e. The monoisotopic (exact) mass is 304 g/mol. The van der Waals surface area contributed by atoms with Crippen LogP contribution in [-0.2, 0) is 5.41 Å². The summed E-state index contributed by atoms with van der Waals surface area (Å²) in [6, 6.07) is 13.0. The highest BCUT2D eigenvalue weighted by Gasteiger charge is 2.35. The second kappa shape index (κ2) is 3.63. The molecule has 0 N–H and O–H groups in total. The van der Waals surface area contributed by atoms with Crippen molar-refractivity contribution < 1.29 is 0 Å². The lowest BCUT2D eigenvalue weighted by atomic mass is 9.82. The van der Waals surface area contributed by atoms with Gasteiger partial charge in [-0.15, -0.1) is 12.6 Å². The SMILES string of the molecule is CC1(C)c2cc(S)ccc2-c2ccc(Br)cc21. The number of thiol groups is 1. The molecule has 0 atom stereocenters. The van der Waals surface area contributed by atoms with Crippen LogP contribution in [0, 0.1) is 0 Å². The van der Waals surface area contributed by atoms with Gasteiger partial charge in [0, 0.05) is 14.8 Å². The number of hydrogen-bond acceptors (Lipinski definition) is 1. The Morgan fingerprint density at radius 2 is 1.53 bits per heavy atom. The van der Waals surface area contributed by atoms with Crippen LogP contribution in [0.5, 0.6) is 0 Å². The van der Waals surface area contributed by atoms with Gasteiger partial charge in [-0.1, -0.05) is 41.9 Å². The smallest absolute Gasteiger partial charge is 0.0178 e. The Balaban J connectivity index is 2.37. The second-order valence-corrected chi connectivity index (χ2v) is 6.48. The first kappa shape index (κ1) is 11.4. The van der Waals surface area contributed by atoms with Crippen molar-refractivity contribution in [3.8, 4) is 11.1 Å². The minimum Gasteiger partial charge on any atom is -0.143 e. The predicted octanol–water partition coefficient (Wildman–Crippen LogP) is 5.04. The molecule has 0 amide bonds. The van der Waals surface area contributed by atoms with Gasteiger partial charge in [0.05, 0.1) is 0 Å². The second-order valence-electron chi connectivity index (χ2n) is 5.04. The summed E-state index contributed by atoms with van der Waals surface area (Å²) in [5.74, 6) is 0. The van der Waals surface area contributed by atoms with Crippen LogP contribution in [0.1, 0.15) is 25.0 Å². The van der Waals surface area contributed by atoms with E-state index in [1.807, 2.05) is 0 Å². The van der Waals surface area contributed by atoms with E-state index in [2.05, 4.69) is 78.8 Å². The highest BCUT2D eigenvalue weighted by Crippen LogP contribution is 2.49. The van der Waals surface area contributed by atoms with E-state index in [0.717, 1.165) is 9.37 Å². The lowest BCUT2D eigenvalue weighted by Gasteiger charge is -2.21. The third kappa shape index (κ3) is 1.58. The molecule has 0 bridgehead atoms. The molecule has 17 heavy (non-hydrogen) atoms. The van der Waals surface area contributed by atoms with E-state index in [1.54, 1.807) is 0 Å². The summed E-state index contributed by atoms with van der Waals surface area (Å²) in [4.78, 5) is 1.03. The van der Waals surface area contributed by atoms with Gasteiger partial charge in [-0.3, -0.25) is 0 Å². The van der Waals surface area contributed by atoms with E-state index in [0.29, 0.717) is 0 Å². The molecule has 1 aliphatic rings. The van der Waals surface area contributed by atoms with Crippen molar-refractivity contribution in [3.63, 3.8) is 0 Å². The fourth-order valence-corrected chi connectivity index (χ4v) is 3.26. The van der Waals surface area contributed by atoms with Gasteiger partial charge in [-0.2, -0.15) is 0 Å². The zero-order chi connectivity index (χ0) is 12.2. The molecule has 2 heteroatoms. The van der Waals surface area contributed by atoms with Crippen molar-refractivity contribution in [2.75, 3.05) is 0 Å². The Hall–Kier alpha value is -0.730. The molecule has 2 aromatic rings. The molecule has 0 saturated carbocycles. The van der Waals surface area contributed by atoms with Crippen LogP contribution >= 0.6 is 28.6 Å². The Kier molecular flexibility index (Phi) is 2.43. The number of fused-ring (bicyclic) bond motifs is 3. The van der Waals surface area contributed by atoms with Crippen LogP contribution in [-0.4, -0.2) is 0 Å². The standard InChI is InChI=1S/C15H13BrS/c1-15(2)13-7-9(16)3-5-11(13)12-6-4-10(17)8-14(12)15/h3-8,17H,1-2H3. The average molecular weight is 305 g/mol. The normalized spacial score (nSPS) is 15.5. The van der Waals surface area contributed by atoms with Crippen LogP contribution in [0.2, 0.25) is 0 Å². The van der Waals surface area contributed by atoms with Crippen LogP contribution < -0.4 is 0 Å². The lowest BCUT2D eigenvalue weighted by molar-refractivity contribution is 0.658. The summed E-state index contributed by atoms with van der Waals surface area (Å²) in [6.45, 7) is 4.55. The van der Waals surface area contributed by atoms with Gasteiger partial charge in [0.15, 0.2) is 0 Å². The number of rotatable bonds is 0. The quantitative estimate of drug-likeness (QED) is 0.647. The van der Waals surface area contributed by atoms with Gasteiger partial charge in [-0.05, 0) is 46.5 Å². The highest BCUT2D eigenvalue weighted by atomic mass is 79.9. The summed E-state index contributed by atoms with van der Waals surface area (Å²) < 4.78 is 1.14. The Bertz CT molecular complexity index is 561. The zero-order valence-electron chi connectivity index (χ0n) is 9.79. The molecule has 86 valence electrons. The molecule has 0 heterocycles. The Morgan fingerprint density at radius 1 is 0.941 bits per heavy atom. The van der Waals surface area contributed by atoms with E-state index in [-0.39, 0.29) is 5.41 Å². The Morgan fingerprint density at radius 3 is 2.24 bits per heavy atom. The molecule has 0 nitrogen and oxygen atoms in total. The fourth-order valence-electron chi connectivity index (χ4n) is 2.70. The van der Waals surface area contributed by atoms with Crippen molar-refractivity contribution in [2.24, 2.45) is 0 Å². The van der Waals surface area contributed by atoms with E-state index in [9.17, 15) is 0 Å². The topological polar surface area (TPSA) is 0 Å². The molecular weight excluding hydrogens is 292 g/mol. The van der Waals surface area contributed by atoms with Crippen molar-refractivity contribution in [2.45, 2.75) is 24.2 Å². The van der Waals surface area contributed by atoms with Crippen molar-refractivity contribution >= 4 is 28.6 Å². The lowest BCUT2D eigenvalue weighted by Crippen LogP contribution is -2.14. The van der Waals surface area contributed by atoms with E-state index in [1.165, 1.54) is 22.3 Å². The van der Waals surface area contributed by atoms with Crippen molar-refractivity contribution in [1.82, 2.24) is 0 Å². The molecule has 0 saturated heterocycles. The number of halogens is 1. The Labute approximate surface area is 116 Å². The van der Waals surface area contributed by atoms with Gasteiger partial charge in [0.1, 0.15) is 0 Å². The summed E-state index contributed by atoms with van der Waals surface area (Å²) in [5.41, 5.74) is 5.52. The molecule has 0 spiro atoms. The van der Waals surface area contributed by atoms with Crippen LogP contribution in [0.3, 0.4) is 0 Å². The van der Waals surface area contributed by atoms with Crippen LogP contribution in [0.25, 0.3) is 11.1 Å². The number of hydrogen-bond donors (Lipinski definition) is 1. The first-order valence-corrected chi connectivity index (χ1v) is 6.88. The van der Waals surface area contributed by atoms with Gasteiger partial charge < -0.3 is 0 Å². The molecule has 0 radical (unpaired) electrons. The first-order chi connectivity index (χ1) is 8.00. The minimum absolute atomic E-state index is 0.0627. The molecule has 3 rings (SSSR count). The van der Waals surface area contributed by atoms with Crippen LogP contribution in [0.4, 0.5) is 0 Å². The molecule has 2 aromatic carbocycles. The molecular formula is C15H13BrS. The molecule has 0 aromatic heterocycles. The molecule has 0 fully saturated rings. The highest BCUT2D eigenvalue weighted by molar-refractivity contribution is 9.10. The van der Waals surface area contributed by atoms with E-state index >= 15 is 0 Å². The summed E-state index contributed by atoms with van der Waals surface area (Å²) in [6.07, 6.45) is 0. The first-order valence-electron chi connectivity index (χ1n) is 5.64. The summed E-state index contributed by atoms with van der Waals surface area (Å²) in [5, 5.41) is 0. The minimum atomic E-state index is 0.0627. The van der Waals surface area contributed by atoms with Gasteiger partial charge in [0.2, 0.25) is 0 Å². The van der Waals surface area contributed by atoms with E-state index in [4.69, 9.17) is 0 Å². The zero-order valence-corrected chi connectivity index (χ0v) is 12.3. The maximum absolute atomic E-state index is 4.45. The number of benzene rings is 2. The molecule has 1 aliphatic carbocycles. The third-order valence-corrected chi connectivity index (χ3v) is 4.39. The summed E-state index contributed by atoms with van der Waals surface area (Å²) >= 11 is 8.01. The van der Waals surface area contributed by atoms with Gasteiger partial charge >= 0.3 is 0 Å². The van der Waals surface area contributed by atoms with E-state index < -0.39 is 0 Å². The molecule has 0 unspecified atom stereocenters. The average Bonchev–Trinajstić information content (AvgIpc) is 2.49. The maximum atomic E-state index is 4.45. The van der Waals surface area contributed by atoms with Gasteiger partial charge in [-0.25, -0.2) is 0 Å². The van der Waals surface area contributed by atoms with Crippen molar-refractivity contribution in [1.29, 1.82) is 0 Å². The maximum Gasteiger partial charge on any atom is 0.0178 e. The van der Waals surface area contributed by atoms with Crippen LogP contribution in [0.15, 0.2) is 45.8 Å². The third-order valence-electron chi connectivity index (χ3n) is 3.62. The fraction of sp³-hybridized carbons (Fsp3) is 0.200. The van der Waals surface area contributed by atoms with Crippen molar-refractivity contribution in [3.05, 3.63) is 52.0 Å². The van der Waals surface area contributed by atoms with Gasteiger partial charge in [0.25, 0.3) is 0 Å². The summed E-state index contributed by atoms with van der Waals surface area (Å²) in [7, 11) is 0. The molecule has 0 aliphatic heterocycles. The predicted molar refractivity (Wildman–Crippen MR) is 79.0 cm³/mol.